The van der Waals surface area contributed by atoms with Crippen molar-refractivity contribution in [3.05, 3.63) is 40.2 Å². The number of nitrogens with two attached hydrogens (primary N) is 1. The van der Waals surface area contributed by atoms with Crippen LogP contribution in [0.1, 0.15) is 10.4 Å². The van der Waals surface area contributed by atoms with Gasteiger partial charge in [0.05, 0.1) is 10.6 Å². The Balaban J connectivity index is 2.56. The maximum Gasteiger partial charge on any atom is 0.339 e. The molecule has 1 aromatic carbocycles. The average Bonchev–Trinajstić information content (AvgIpc) is 2.61. The van der Waals surface area contributed by atoms with E-state index in [9.17, 15) is 4.79 Å². The molecular weight excluding hydrogens is 246 g/mol. The highest BCUT2D eigenvalue weighted by molar-refractivity contribution is 7.14. The molecule has 0 saturated carbocycles. The molecule has 1 aromatic heterocycles. The summed E-state index contributed by atoms with van der Waals surface area (Å²) in [6.07, 6.45) is 0. The van der Waals surface area contributed by atoms with Gasteiger partial charge in [-0.3, -0.25) is 0 Å². The number of aromatic carboxylic acids is 1. The molecule has 2 aromatic rings. The summed E-state index contributed by atoms with van der Waals surface area (Å²) in [5.41, 5.74) is 6.88. The molecule has 0 aliphatic rings. The van der Waals surface area contributed by atoms with Gasteiger partial charge in [-0.2, -0.15) is 0 Å². The normalized spacial score (nSPS) is 10.3. The summed E-state index contributed by atoms with van der Waals surface area (Å²) in [7, 11) is 0. The molecule has 0 bridgehead atoms. The molecule has 0 amide bonds. The summed E-state index contributed by atoms with van der Waals surface area (Å²) in [5.74, 6) is -1.01. The minimum atomic E-state index is -1.01. The molecule has 0 radical (unpaired) electrons. The second kappa shape index (κ2) is 4.15. The minimum Gasteiger partial charge on any atom is -0.478 e. The number of hydrogen-bond acceptors (Lipinski definition) is 3. The van der Waals surface area contributed by atoms with E-state index >= 15 is 0 Å². The van der Waals surface area contributed by atoms with Crippen LogP contribution in [-0.2, 0) is 0 Å². The monoisotopic (exact) mass is 253 g/mol. The molecule has 82 valence electrons. The van der Waals surface area contributed by atoms with Crippen molar-refractivity contribution in [2.75, 3.05) is 5.73 Å². The van der Waals surface area contributed by atoms with Crippen molar-refractivity contribution < 1.29 is 9.90 Å². The topological polar surface area (TPSA) is 63.3 Å². The molecule has 0 saturated heterocycles. The van der Waals surface area contributed by atoms with Crippen LogP contribution in [0, 0.1) is 0 Å². The molecule has 0 atom stereocenters. The minimum absolute atomic E-state index is 0.160. The first kappa shape index (κ1) is 11.0. The van der Waals surface area contributed by atoms with Gasteiger partial charge in [0.25, 0.3) is 0 Å². The molecule has 0 unspecified atom stereocenters. The molecule has 0 aliphatic carbocycles. The fraction of sp³-hybridized carbons (Fsp3) is 0. The lowest BCUT2D eigenvalue weighted by molar-refractivity contribution is 0.0699. The van der Waals surface area contributed by atoms with Crippen LogP contribution in [0.5, 0.6) is 0 Å². The van der Waals surface area contributed by atoms with Crippen LogP contribution in [-0.4, -0.2) is 11.1 Å². The third-order valence-electron chi connectivity index (χ3n) is 2.14. The first-order chi connectivity index (χ1) is 7.59. The van der Waals surface area contributed by atoms with Gasteiger partial charge in [0.15, 0.2) is 0 Å². The van der Waals surface area contributed by atoms with Crippen LogP contribution >= 0.6 is 22.9 Å². The Morgan fingerprint density at radius 3 is 2.50 bits per heavy atom. The highest BCUT2D eigenvalue weighted by Crippen LogP contribution is 2.34. The number of carboxylic acid groups (broad SMARTS) is 1. The number of rotatable bonds is 2. The summed E-state index contributed by atoms with van der Waals surface area (Å²) in [5, 5.41) is 11.3. The van der Waals surface area contributed by atoms with Crippen LogP contribution in [0.25, 0.3) is 10.4 Å². The maximum atomic E-state index is 11.0. The van der Waals surface area contributed by atoms with Gasteiger partial charge in [0.1, 0.15) is 5.56 Å². The molecule has 2 rings (SSSR count). The van der Waals surface area contributed by atoms with Gasteiger partial charge < -0.3 is 10.8 Å². The lowest BCUT2D eigenvalue weighted by Crippen LogP contribution is -2.00. The second-order valence-electron chi connectivity index (χ2n) is 3.21. The lowest BCUT2D eigenvalue weighted by atomic mass is 10.1. The highest BCUT2D eigenvalue weighted by Gasteiger charge is 2.17. The van der Waals surface area contributed by atoms with Crippen molar-refractivity contribution in [3.63, 3.8) is 0 Å². The Morgan fingerprint density at radius 1 is 1.31 bits per heavy atom. The molecule has 1 heterocycles. The Labute approximate surface area is 101 Å². The van der Waals surface area contributed by atoms with Crippen LogP contribution in [0.2, 0.25) is 5.02 Å². The van der Waals surface area contributed by atoms with Gasteiger partial charge in [0, 0.05) is 10.4 Å². The standard InChI is InChI=1S/C11H8ClNO2S/c12-7-3-1-6(2-4-7)10-9(11(14)15)8(13)5-16-10/h1-5H,13H2,(H,14,15). The SMILES string of the molecule is Nc1csc(-c2ccc(Cl)cc2)c1C(=O)O. The second-order valence-corrected chi connectivity index (χ2v) is 4.52. The number of anilines is 1. The third-order valence-corrected chi connectivity index (χ3v) is 3.44. The quantitative estimate of drug-likeness (QED) is 0.863. The van der Waals surface area contributed by atoms with Crippen LogP contribution in [0.3, 0.4) is 0 Å². The molecule has 5 heteroatoms. The zero-order valence-corrected chi connectivity index (χ0v) is 9.68. The van der Waals surface area contributed by atoms with Crippen molar-refractivity contribution in [1.82, 2.24) is 0 Å². The zero-order valence-electron chi connectivity index (χ0n) is 8.11. The summed E-state index contributed by atoms with van der Waals surface area (Å²) in [4.78, 5) is 11.7. The summed E-state index contributed by atoms with van der Waals surface area (Å²) >= 11 is 7.08. The first-order valence-electron chi connectivity index (χ1n) is 4.46. The zero-order chi connectivity index (χ0) is 11.7. The van der Waals surface area contributed by atoms with E-state index in [4.69, 9.17) is 22.4 Å². The Bertz CT molecular complexity index is 533. The number of carbonyl (C=O) groups is 1. The lowest BCUT2D eigenvalue weighted by Gasteiger charge is -2.01. The number of nitrogen functional groups attached to an aromatic ring is 1. The molecule has 3 nitrogen and oxygen atoms in total. The number of hydrogen-bond donors (Lipinski definition) is 2. The van der Waals surface area contributed by atoms with Gasteiger partial charge in [0.2, 0.25) is 0 Å². The molecule has 0 spiro atoms. The van der Waals surface area contributed by atoms with Gasteiger partial charge in [-0.05, 0) is 17.7 Å². The van der Waals surface area contributed by atoms with Gasteiger partial charge in [-0.15, -0.1) is 11.3 Å². The molecule has 16 heavy (non-hydrogen) atoms. The van der Waals surface area contributed by atoms with Crippen LogP contribution < -0.4 is 5.73 Å². The fourth-order valence-electron chi connectivity index (χ4n) is 1.41. The molecule has 0 aliphatic heterocycles. The van der Waals surface area contributed by atoms with Crippen molar-refractivity contribution in [1.29, 1.82) is 0 Å². The number of halogens is 1. The van der Waals surface area contributed by atoms with Gasteiger partial charge in [-0.1, -0.05) is 23.7 Å². The third kappa shape index (κ3) is 1.89. The van der Waals surface area contributed by atoms with E-state index < -0.39 is 5.97 Å². The maximum absolute atomic E-state index is 11.0. The van der Waals surface area contributed by atoms with Crippen LogP contribution in [0.15, 0.2) is 29.6 Å². The van der Waals surface area contributed by atoms with E-state index in [-0.39, 0.29) is 5.56 Å². The van der Waals surface area contributed by atoms with Gasteiger partial charge in [-0.25, -0.2) is 4.79 Å². The van der Waals surface area contributed by atoms with E-state index in [1.165, 1.54) is 11.3 Å². The first-order valence-corrected chi connectivity index (χ1v) is 5.71. The van der Waals surface area contributed by atoms with E-state index in [0.29, 0.717) is 15.6 Å². The Morgan fingerprint density at radius 2 is 1.94 bits per heavy atom. The van der Waals surface area contributed by atoms with E-state index in [0.717, 1.165) is 5.56 Å². The Kier molecular flexibility index (Phi) is 2.85. The number of benzene rings is 1. The van der Waals surface area contributed by atoms with Gasteiger partial charge >= 0.3 is 5.97 Å². The smallest absolute Gasteiger partial charge is 0.339 e. The molecule has 3 N–H and O–H groups in total. The number of thiophene rings is 1. The summed E-state index contributed by atoms with van der Waals surface area (Å²) in [6, 6.07) is 7.00. The summed E-state index contributed by atoms with van der Waals surface area (Å²) in [6.45, 7) is 0. The fourth-order valence-corrected chi connectivity index (χ4v) is 2.49. The Hall–Kier alpha value is -1.52. The van der Waals surface area contributed by atoms with Crippen molar-refractivity contribution in [2.24, 2.45) is 0 Å². The largest absolute Gasteiger partial charge is 0.478 e. The van der Waals surface area contributed by atoms with Crippen molar-refractivity contribution in [2.45, 2.75) is 0 Å². The van der Waals surface area contributed by atoms with Crippen molar-refractivity contribution in [3.8, 4) is 10.4 Å². The highest BCUT2D eigenvalue weighted by atomic mass is 35.5. The number of carboxylic acids is 1. The average molecular weight is 254 g/mol. The van der Waals surface area contributed by atoms with E-state index in [1.54, 1.807) is 29.6 Å². The van der Waals surface area contributed by atoms with E-state index in [1.807, 2.05) is 0 Å². The predicted octanol–water partition coefficient (Wildman–Crippen LogP) is 3.35. The van der Waals surface area contributed by atoms with Crippen LogP contribution in [0.4, 0.5) is 5.69 Å². The molecule has 0 fully saturated rings. The van der Waals surface area contributed by atoms with E-state index in [2.05, 4.69) is 0 Å². The summed E-state index contributed by atoms with van der Waals surface area (Å²) < 4.78 is 0. The predicted molar refractivity (Wildman–Crippen MR) is 66.1 cm³/mol. The van der Waals surface area contributed by atoms with Crippen molar-refractivity contribution >= 4 is 34.6 Å². The molecular formula is C11H8ClNO2S.